The van der Waals surface area contributed by atoms with Gasteiger partial charge in [0.25, 0.3) is 5.69 Å². The van der Waals surface area contributed by atoms with Crippen molar-refractivity contribution in [3.05, 3.63) is 39.2 Å². The summed E-state index contributed by atoms with van der Waals surface area (Å²) in [5, 5.41) is 23.2. The number of nitro groups is 1. The Bertz CT molecular complexity index is 617. The molecule has 0 bridgehead atoms. The predicted octanol–water partition coefficient (Wildman–Crippen LogP) is 2.02. The van der Waals surface area contributed by atoms with Crippen LogP contribution < -0.4 is 4.80 Å². The summed E-state index contributed by atoms with van der Waals surface area (Å²) >= 11 is 1.21. The lowest BCUT2D eigenvalue weighted by Gasteiger charge is -1.96. The van der Waals surface area contributed by atoms with Gasteiger partial charge >= 0.3 is 0 Å². The van der Waals surface area contributed by atoms with E-state index in [1.165, 1.54) is 23.5 Å². The molecule has 0 radical (unpaired) electrons. The fraction of sp³-hybridized carbons (Fsp3) is 0.200. The number of aryl methyl sites for hydroxylation is 1. The van der Waals surface area contributed by atoms with Gasteiger partial charge in [-0.3, -0.25) is 15.5 Å². The standard InChI is InChI=1S/C10H10N4O2S/c1-2-13-10(11)17-9(12-13)7-4-3-5-8(6-7)14(15)16/h3-6,11H,2H2,1H3. The summed E-state index contributed by atoms with van der Waals surface area (Å²) in [5.74, 6) is 0. The molecule has 2 rings (SSSR count). The zero-order valence-corrected chi connectivity index (χ0v) is 9.90. The first kappa shape index (κ1) is 11.5. The van der Waals surface area contributed by atoms with Crippen LogP contribution in [0.1, 0.15) is 6.92 Å². The largest absolute Gasteiger partial charge is 0.274 e. The SMILES string of the molecule is CCn1nc(-c2cccc([N+](=O)[O-])c2)sc1=N. The lowest BCUT2D eigenvalue weighted by atomic mass is 10.2. The normalized spacial score (nSPS) is 10.4. The van der Waals surface area contributed by atoms with Gasteiger partial charge in [0.15, 0.2) is 0 Å². The van der Waals surface area contributed by atoms with Crippen LogP contribution in [0, 0.1) is 15.5 Å². The molecule has 1 heterocycles. The van der Waals surface area contributed by atoms with Crippen LogP contribution in [0.5, 0.6) is 0 Å². The molecule has 0 saturated heterocycles. The molecule has 17 heavy (non-hydrogen) atoms. The minimum Gasteiger partial charge on any atom is -0.274 e. The minimum atomic E-state index is -0.438. The summed E-state index contributed by atoms with van der Waals surface area (Å²) in [4.78, 5) is 10.6. The number of non-ortho nitro benzene ring substituents is 1. The number of hydrogen-bond donors (Lipinski definition) is 1. The van der Waals surface area contributed by atoms with E-state index in [1.54, 1.807) is 16.8 Å². The number of aromatic nitrogens is 2. The van der Waals surface area contributed by atoms with Crippen LogP contribution in [-0.4, -0.2) is 14.7 Å². The first-order valence-corrected chi connectivity index (χ1v) is 5.81. The third kappa shape index (κ3) is 2.23. The highest BCUT2D eigenvalue weighted by Crippen LogP contribution is 2.23. The van der Waals surface area contributed by atoms with Gasteiger partial charge in [-0.1, -0.05) is 23.5 Å². The van der Waals surface area contributed by atoms with Crippen molar-refractivity contribution in [1.82, 2.24) is 9.78 Å². The van der Waals surface area contributed by atoms with E-state index >= 15 is 0 Å². The molecule has 1 N–H and O–H groups in total. The molecule has 0 fully saturated rings. The van der Waals surface area contributed by atoms with E-state index in [1.807, 2.05) is 6.92 Å². The number of nitrogens with one attached hydrogen (secondary N) is 1. The highest BCUT2D eigenvalue weighted by atomic mass is 32.1. The molecule has 1 aromatic carbocycles. The molecule has 0 aliphatic rings. The van der Waals surface area contributed by atoms with Gasteiger partial charge in [-0.25, -0.2) is 4.68 Å². The molecule has 0 aliphatic heterocycles. The van der Waals surface area contributed by atoms with Crippen molar-refractivity contribution in [2.75, 3.05) is 0 Å². The summed E-state index contributed by atoms with van der Waals surface area (Å²) < 4.78 is 1.55. The summed E-state index contributed by atoms with van der Waals surface area (Å²) in [6.45, 7) is 2.51. The molecule has 6 nitrogen and oxygen atoms in total. The van der Waals surface area contributed by atoms with Crippen molar-refractivity contribution in [3.63, 3.8) is 0 Å². The molecule has 0 atom stereocenters. The van der Waals surface area contributed by atoms with Crippen LogP contribution in [0.25, 0.3) is 10.6 Å². The van der Waals surface area contributed by atoms with Crippen molar-refractivity contribution in [2.45, 2.75) is 13.5 Å². The summed E-state index contributed by atoms with van der Waals surface area (Å²) in [6, 6.07) is 6.28. The Morgan fingerprint density at radius 3 is 2.94 bits per heavy atom. The van der Waals surface area contributed by atoms with E-state index in [9.17, 15) is 10.1 Å². The molecule has 7 heteroatoms. The van der Waals surface area contributed by atoms with Gasteiger partial charge in [0.2, 0.25) is 4.80 Å². The Morgan fingerprint density at radius 1 is 1.59 bits per heavy atom. The van der Waals surface area contributed by atoms with E-state index in [4.69, 9.17) is 5.41 Å². The van der Waals surface area contributed by atoms with Gasteiger partial charge in [-0.05, 0) is 6.92 Å². The highest BCUT2D eigenvalue weighted by molar-refractivity contribution is 7.12. The molecule has 0 spiro atoms. The van der Waals surface area contributed by atoms with Crippen molar-refractivity contribution in [1.29, 1.82) is 5.41 Å². The third-order valence-electron chi connectivity index (χ3n) is 2.24. The topological polar surface area (TPSA) is 84.8 Å². The maximum atomic E-state index is 10.7. The number of nitrogens with zero attached hydrogens (tertiary/aromatic N) is 3. The van der Waals surface area contributed by atoms with E-state index in [0.29, 0.717) is 21.9 Å². The van der Waals surface area contributed by atoms with Crippen molar-refractivity contribution in [3.8, 4) is 10.6 Å². The molecule has 0 amide bonds. The Morgan fingerprint density at radius 2 is 2.35 bits per heavy atom. The molecule has 0 unspecified atom stereocenters. The highest BCUT2D eigenvalue weighted by Gasteiger charge is 2.10. The Labute approximate surface area is 101 Å². The second kappa shape index (κ2) is 4.46. The van der Waals surface area contributed by atoms with Gasteiger partial charge in [0, 0.05) is 24.2 Å². The summed E-state index contributed by atoms with van der Waals surface area (Å²) in [5.41, 5.74) is 0.706. The quantitative estimate of drug-likeness (QED) is 0.668. The lowest BCUT2D eigenvalue weighted by Crippen LogP contribution is -2.12. The smallest absolute Gasteiger partial charge is 0.270 e. The van der Waals surface area contributed by atoms with Crippen LogP contribution in [0.2, 0.25) is 0 Å². The number of rotatable bonds is 3. The number of benzene rings is 1. The molecular weight excluding hydrogens is 240 g/mol. The number of hydrogen-bond acceptors (Lipinski definition) is 5. The van der Waals surface area contributed by atoms with E-state index in [0.717, 1.165) is 0 Å². The summed E-state index contributed by atoms with van der Waals surface area (Å²) in [7, 11) is 0. The average Bonchev–Trinajstić information content (AvgIpc) is 2.71. The predicted molar refractivity (Wildman–Crippen MR) is 63.7 cm³/mol. The van der Waals surface area contributed by atoms with E-state index < -0.39 is 4.92 Å². The van der Waals surface area contributed by atoms with E-state index in [2.05, 4.69) is 5.10 Å². The van der Waals surface area contributed by atoms with Crippen LogP contribution in [0.15, 0.2) is 24.3 Å². The molecule has 1 aromatic heterocycles. The average molecular weight is 250 g/mol. The zero-order chi connectivity index (χ0) is 12.4. The Balaban J connectivity index is 2.49. The molecular formula is C10H10N4O2S. The molecule has 0 saturated carbocycles. The van der Waals surface area contributed by atoms with Gasteiger partial charge in [-0.2, -0.15) is 5.10 Å². The third-order valence-corrected chi connectivity index (χ3v) is 3.16. The fourth-order valence-corrected chi connectivity index (χ4v) is 2.25. The number of nitro benzene ring substituents is 1. The van der Waals surface area contributed by atoms with Crippen molar-refractivity contribution >= 4 is 17.0 Å². The Hall–Kier alpha value is -2.02. The van der Waals surface area contributed by atoms with Crippen LogP contribution in [0.4, 0.5) is 5.69 Å². The fourth-order valence-electron chi connectivity index (χ4n) is 1.40. The van der Waals surface area contributed by atoms with Crippen LogP contribution in [0.3, 0.4) is 0 Å². The maximum absolute atomic E-state index is 10.7. The molecule has 2 aromatic rings. The van der Waals surface area contributed by atoms with Gasteiger partial charge < -0.3 is 0 Å². The first-order chi connectivity index (χ1) is 8.11. The lowest BCUT2D eigenvalue weighted by molar-refractivity contribution is -0.384. The molecule has 0 aliphatic carbocycles. The van der Waals surface area contributed by atoms with E-state index in [-0.39, 0.29) is 5.69 Å². The van der Waals surface area contributed by atoms with Crippen LogP contribution >= 0.6 is 11.3 Å². The second-order valence-corrected chi connectivity index (χ2v) is 4.31. The minimum absolute atomic E-state index is 0.0345. The zero-order valence-electron chi connectivity index (χ0n) is 9.08. The second-order valence-electron chi connectivity index (χ2n) is 3.34. The van der Waals surface area contributed by atoms with Gasteiger partial charge in [0.1, 0.15) is 5.01 Å². The van der Waals surface area contributed by atoms with Gasteiger partial charge in [-0.15, -0.1) is 0 Å². The molecule has 88 valence electrons. The van der Waals surface area contributed by atoms with Crippen molar-refractivity contribution < 1.29 is 4.92 Å². The first-order valence-electron chi connectivity index (χ1n) is 4.99. The maximum Gasteiger partial charge on any atom is 0.270 e. The Kier molecular flexibility index (Phi) is 3.01. The van der Waals surface area contributed by atoms with Gasteiger partial charge in [0.05, 0.1) is 4.92 Å². The monoisotopic (exact) mass is 250 g/mol. The summed E-state index contributed by atoms with van der Waals surface area (Å²) in [6.07, 6.45) is 0. The van der Waals surface area contributed by atoms with Crippen molar-refractivity contribution in [2.24, 2.45) is 0 Å². The van der Waals surface area contributed by atoms with Crippen LogP contribution in [-0.2, 0) is 6.54 Å².